The number of hydrogen-bond acceptors (Lipinski definition) is 2. The molecule has 100 valence electrons. The van der Waals surface area contributed by atoms with Crippen LogP contribution in [0, 0.1) is 6.08 Å². The third kappa shape index (κ3) is 3.76. The van der Waals surface area contributed by atoms with E-state index in [0.717, 1.165) is 30.4 Å². The quantitative estimate of drug-likeness (QED) is 0.441. The third-order valence-corrected chi connectivity index (χ3v) is 3.08. The second-order valence-corrected chi connectivity index (χ2v) is 3.98. The van der Waals surface area contributed by atoms with Gasteiger partial charge in [0.2, 0.25) is 0 Å². The second-order valence-electron chi connectivity index (χ2n) is 3.98. The summed E-state index contributed by atoms with van der Waals surface area (Å²) < 4.78 is 5.49. The zero-order chi connectivity index (χ0) is 13.5. The summed E-state index contributed by atoms with van der Waals surface area (Å²) in [5.74, 6) is -0.0204. The van der Waals surface area contributed by atoms with E-state index in [1.807, 2.05) is 19.9 Å². The van der Waals surface area contributed by atoms with Gasteiger partial charge in [-0.25, -0.2) is 6.08 Å². The molecule has 0 aromatic rings. The molecule has 0 aromatic heterocycles. The number of carbonyl (C=O) groups excluding carboxylic acids is 1. The van der Waals surface area contributed by atoms with Crippen LogP contribution in [0.3, 0.4) is 0 Å². The van der Waals surface area contributed by atoms with Gasteiger partial charge in [0.1, 0.15) is 0 Å². The van der Waals surface area contributed by atoms with Crippen LogP contribution in [0.2, 0.25) is 0 Å². The van der Waals surface area contributed by atoms with E-state index in [-0.39, 0.29) is 5.78 Å². The Hall–Kier alpha value is 0.0623. The van der Waals surface area contributed by atoms with Gasteiger partial charge in [0.05, 0.1) is 0 Å². The molecule has 1 unspecified atom stereocenters. The van der Waals surface area contributed by atoms with Gasteiger partial charge in [0.15, 0.2) is 0 Å². The number of rotatable bonds is 4. The van der Waals surface area contributed by atoms with Crippen LogP contribution in [0.25, 0.3) is 0 Å². The molecule has 4 heteroatoms. The monoisotopic (exact) mass is 348 g/mol. The summed E-state index contributed by atoms with van der Waals surface area (Å²) in [6.45, 7) is 5.96. The topological polar surface area (TPSA) is 26.3 Å². The first kappa shape index (κ1) is 17.1. The molecule has 0 saturated heterocycles. The molecule has 0 radical (unpaired) electrons. The van der Waals surface area contributed by atoms with Gasteiger partial charge in [-0.05, 0) is 13.3 Å². The Kier molecular flexibility index (Phi) is 8.24. The number of methoxy groups -OCH3 is 1. The minimum absolute atomic E-state index is 0.0204. The van der Waals surface area contributed by atoms with Crippen molar-refractivity contribution in [2.24, 2.45) is 0 Å². The summed E-state index contributed by atoms with van der Waals surface area (Å²) in [6.07, 6.45) is 7.83. The number of unbranched alkanes of at least 4 members (excludes halogenated alkanes) is 1. The molecule has 0 spiro atoms. The van der Waals surface area contributed by atoms with Crippen molar-refractivity contribution in [3.05, 3.63) is 23.3 Å². The summed E-state index contributed by atoms with van der Waals surface area (Å²) in [7, 11) is 6.14. The zero-order valence-electron chi connectivity index (χ0n) is 10.7. The normalized spacial score (nSPS) is 25.7. The van der Waals surface area contributed by atoms with Crippen molar-refractivity contribution < 1.29 is 27.7 Å². The molecule has 17 heavy (non-hydrogen) atoms. The van der Waals surface area contributed by atoms with Crippen LogP contribution in [-0.2, 0) is 27.7 Å². The van der Waals surface area contributed by atoms with Gasteiger partial charge in [-0.2, -0.15) is 6.08 Å². The van der Waals surface area contributed by atoms with Crippen LogP contribution in [0.4, 0.5) is 0 Å². The SMILES string of the molecule is C/C=C1/C(=O)[C-]=C(CCCC)C1(C)OC.[Cl][Pd+]. The Morgan fingerprint density at radius 3 is 2.53 bits per heavy atom. The summed E-state index contributed by atoms with van der Waals surface area (Å²) in [5, 5.41) is 0. The average Bonchev–Trinajstić information content (AvgIpc) is 2.61. The Morgan fingerprint density at radius 1 is 1.53 bits per heavy atom. The van der Waals surface area contributed by atoms with Crippen molar-refractivity contribution in [2.75, 3.05) is 7.11 Å². The van der Waals surface area contributed by atoms with Crippen molar-refractivity contribution in [1.29, 1.82) is 0 Å². The van der Waals surface area contributed by atoms with Gasteiger partial charge in [-0.15, -0.1) is 11.1 Å². The fourth-order valence-corrected chi connectivity index (χ4v) is 2.00. The number of hydrogen-bond donors (Lipinski definition) is 0. The van der Waals surface area contributed by atoms with Crippen LogP contribution in [0.15, 0.2) is 17.2 Å². The van der Waals surface area contributed by atoms with Crippen molar-refractivity contribution in [3.8, 4) is 0 Å². The van der Waals surface area contributed by atoms with Crippen molar-refractivity contribution in [3.63, 3.8) is 0 Å². The first-order chi connectivity index (χ1) is 8.10. The van der Waals surface area contributed by atoms with E-state index in [4.69, 9.17) is 4.74 Å². The molecule has 1 aliphatic carbocycles. The van der Waals surface area contributed by atoms with Crippen LogP contribution in [0.5, 0.6) is 0 Å². The second kappa shape index (κ2) is 8.21. The Balaban J connectivity index is 0.00000121. The van der Waals surface area contributed by atoms with Gasteiger partial charge in [0.25, 0.3) is 0 Å². The standard InChI is InChI=1S/C13H19O2.ClH.Pd/c1-5-7-8-10-9-12(14)11(6-2)13(10,3)15-4;;/h6H,5,7-8H2,1-4H3;1H;/q-1;;+2/p-1/b11-6-;;. The van der Waals surface area contributed by atoms with Crippen molar-refractivity contribution in [2.45, 2.75) is 45.6 Å². The van der Waals surface area contributed by atoms with Gasteiger partial charge < -0.3 is 9.53 Å². The summed E-state index contributed by atoms with van der Waals surface area (Å²) >= 11 is 2.22. The average molecular weight is 349 g/mol. The minimum atomic E-state index is -0.541. The fourth-order valence-electron chi connectivity index (χ4n) is 2.00. The molecule has 0 fully saturated rings. The maximum absolute atomic E-state index is 11.7. The molecule has 1 aliphatic rings. The van der Waals surface area contributed by atoms with Gasteiger partial charge in [-0.3, -0.25) is 0 Å². The van der Waals surface area contributed by atoms with E-state index < -0.39 is 5.60 Å². The molecule has 1 rings (SSSR count). The molecular weight excluding hydrogens is 330 g/mol. The van der Waals surface area contributed by atoms with Gasteiger partial charge in [0, 0.05) is 18.5 Å². The van der Waals surface area contributed by atoms with Crippen molar-refractivity contribution in [1.82, 2.24) is 0 Å². The maximum atomic E-state index is 11.7. The van der Waals surface area contributed by atoms with Crippen LogP contribution in [0.1, 0.15) is 40.0 Å². The molecule has 0 heterocycles. The summed E-state index contributed by atoms with van der Waals surface area (Å²) in [5.41, 5.74) is 1.17. The molecule has 1 atom stereocenters. The molecule has 0 aliphatic heterocycles. The molecule has 0 aromatic carbocycles. The predicted octanol–water partition coefficient (Wildman–Crippen LogP) is 3.53. The number of allylic oxidation sites excluding steroid dienone is 2. The molecule has 0 bridgehead atoms. The van der Waals surface area contributed by atoms with E-state index in [1.165, 1.54) is 0 Å². The number of halogens is 1. The summed E-state index contributed by atoms with van der Waals surface area (Å²) in [4.78, 5) is 11.7. The van der Waals surface area contributed by atoms with E-state index in [1.54, 1.807) is 7.11 Å². The molecule has 0 amide bonds. The van der Waals surface area contributed by atoms with Crippen LogP contribution < -0.4 is 0 Å². The number of ketones is 1. The Bertz CT molecular complexity index is 323. The Labute approximate surface area is 119 Å². The first-order valence-corrected chi connectivity index (χ1v) is 7.61. The van der Waals surface area contributed by atoms with Gasteiger partial charge in [-0.1, -0.05) is 26.7 Å². The van der Waals surface area contributed by atoms with Crippen LogP contribution in [-0.4, -0.2) is 18.5 Å². The summed E-state index contributed by atoms with van der Waals surface area (Å²) in [6, 6.07) is 0. The van der Waals surface area contributed by atoms with E-state index in [9.17, 15) is 4.79 Å². The van der Waals surface area contributed by atoms with E-state index in [2.05, 4.69) is 40.7 Å². The fraction of sp³-hybridized carbons (Fsp3) is 0.615. The Morgan fingerprint density at radius 2 is 2.12 bits per heavy atom. The van der Waals surface area contributed by atoms with Gasteiger partial charge >= 0.3 is 27.7 Å². The van der Waals surface area contributed by atoms with E-state index in [0.29, 0.717) is 0 Å². The molecule has 2 nitrogen and oxygen atoms in total. The molecular formula is C13H19ClO2Pd. The van der Waals surface area contributed by atoms with E-state index >= 15 is 0 Å². The number of ether oxygens (including phenoxy) is 1. The predicted molar refractivity (Wildman–Crippen MR) is 66.3 cm³/mol. The zero-order valence-corrected chi connectivity index (χ0v) is 13.0. The molecule has 0 saturated carbocycles. The first-order valence-electron chi connectivity index (χ1n) is 5.61. The molecule has 0 N–H and O–H groups in total. The third-order valence-electron chi connectivity index (χ3n) is 3.08. The number of Topliss-reactive ketones (excluding diaryl/α,β-unsaturated/α-hetero) is 1. The number of carbonyl (C=O) groups is 1. The van der Waals surface area contributed by atoms with Crippen LogP contribution >= 0.6 is 9.53 Å². The van der Waals surface area contributed by atoms with Crippen molar-refractivity contribution >= 4 is 15.3 Å².